The lowest BCUT2D eigenvalue weighted by molar-refractivity contribution is 0.0694. The molecule has 0 aliphatic rings. The standard InChI is InChI=1S/C30H21BrCl2N2O3/c31-20-13-15-21(16-14-20)37-18-17-35-27-12-6-5-11-26(27)34-29(35)19-28(22-7-1-3-9-24(22)32)38-30(36)23-8-2-4-10-25(23)33/h1-16,19H,17-18H2. The van der Waals surface area contributed by atoms with Crippen LogP contribution < -0.4 is 4.74 Å². The Kier molecular flexibility index (Phi) is 8.13. The summed E-state index contributed by atoms with van der Waals surface area (Å²) in [5.74, 6) is 1.02. The van der Waals surface area contributed by atoms with Gasteiger partial charge in [0.05, 0.1) is 33.2 Å². The van der Waals surface area contributed by atoms with Gasteiger partial charge in [0.15, 0.2) is 0 Å². The van der Waals surface area contributed by atoms with E-state index in [4.69, 9.17) is 37.7 Å². The molecule has 1 heterocycles. The third-order valence-electron chi connectivity index (χ3n) is 5.78. The Morgan fingerprint density at radius 3 is 2.18 bits per heavy atom. The van der Waals surface area contributed by atoms with Crippen LogP contribution in [0.1, 0.15) is 21.7 Å². The molecule has 0 fully saturated rings. The molecule has 0 spiro atoms. The summed E-state index contributed by atoms with van der Waals surface area (Å²) in [6.45, 7) is 0.917. The molecule has 38 heavy (non-hydrogen) atoms. The number of carbonyl (C=O) groups is 1. The molecule has 0 atom stereocenters. The summed E-state index contributed by atoms with van der Waals surface area (Å²) in [6, 6.07) is 29.4. The second kappa shape index (κ2) is 11.9. The molecule has 0 amide bonds. The van der Waals surface area contributed by atoms with Gasteiger partial charge in [-0.15, -0.1) is 0 Å². The van der Waals surface area contributed by atoms with Crippen molar-refractivity contribution in [2.75, 3.05) is 6.61 Å². The summed E-state index contributed by atoms with van der Waals surface area (Å²) in [4.78, 5) is 17.9. The molecule has 0 aliphatic carbocycles. The van der Waals surface area contributed by atoms with Crippen LogP contribution in [0.4, 0.5) is 0 Å². The van der Waals surface area contributed by atoms with Gasteiger partial charge in [-0.05, 0) is 60.7 Å². The molecule has 190 valence electrons. The zero-order valence-corrected chi connectivity index (χ0v) is 23.1. The Labute approximate surface area is 238 Å². The monoisotopic (exact) mass is 606 g/mol. The Morgan fingerprint density at radius 2 is 1.47 bits per heavy atom. The molecule has 4 aromatic carbocycles. The van der Waals surface area contributed by atoms with Crippen LogP contribution in [0.25, 0.3) is 22.9 Å². The number of carbonyl (C=O) groups excluding carboxylic acids is 1. The number of imidazole rings is 1. The SMILES string of the molecule is O=C(OC(=Cc1nc2ccccc2n1CCOc1ccc(Br)cc1)c1ccccc1Cl)c1ccccc1Cl. The van der Waals surface area contributed by atoms with E-state index in [1.165, 1.54) is 0 Å². The zero-order chi connectivity index (χ0) is 26.5. The fourth-order valence-corrected chi connectivity index (χ4v) is 4.65. The summed E-state index contributed by atoms with van der Waals surface area (Å²) >= 11 is 16.2. The molecule has 0 unspecified atom stereocenters. The first kappa shape index (κ1) is 26.0. The first-order chi connectivity index (χ1) is 18.5. The Balaban J connectivity index is 1.52. The van der Waals surface area contributed by atoms with Crippen LogP contribution in [-0.2, 0) is 11.3 Å². The maximum Gasteiger partial charge on any atom is 0.345 e. The zero-order valence-electron chi connectivity index (χ0n) is 20.0. The van der Waals surface area contributed by atoms with E-state index in [-0.39, 0.29) is 11.3 Å². The number of aromatic nitrogens is 2. The summed E-state index contributed by atoms with van der Waals surface area (Å²) in [5, 5.41) is 0.736. The van der Waals surface area contributed by atoms with E-state index in [0.717, 1.165) is 21.3 Å². The number of rotatable bonds is 8. The van der Waals surface area contributed by atoms with Crippen molar-refractivity contribution < 1.29 is 14.3 Å². The van der Waals surface area contributed by atoms with Crippen LogP contribution in [0.2, 0.25) is 10.0 Å². The number of nitrogens with zero attached hydrogens (tertiary/aromatic N) is 2. The Bertz CT molecular complexity index is 1630. The average molecular weight is 608 g/mol. The molecule has 5 nitrogen and oxygen atoms in total. The van der Waals surface area contributed by atoms with Crippen molar-refractivity contribution in [3.05, 3.63) is 129 Å². The van der Waals surface area contributed by atoms with E-state index in [9.17, 15) is 4.79 Å². The minimum absolute atomic E-state index is 0.253. The molecular weight excluding hydrogens is 587 g/mol. The lowest BCUT2D eigenvalue weighted by atomic mass is 10.1. The van der Waals surface area contributed by atoms with Crippen molar-refractivity contribution in [3.8, 4) is 5.75 Å². The molecule has 5 rings (SSSR count). The molecule has 0 saturated heterocycles. The summed E-state index contributed by atoms with van der Waals surface area (Å²) in [6.07, 6.45) is 1.72. The molecule has 0 saturated carbocycles. The van der Waals surface area contributed by atoms with Crippen LogP contribution in [0.5, 0.6) is 5.75 Å². The summed E-state index contributed by atoms with van der Waals surface area (Å²) in [7, 11) is 0. The third kappa shape index (κ3) is 5.94. The van der Waals surface area contributed by atoms with Crippen molar-refractivity contribution in [2.24, 2.45) is 0 Å². The average Bonchev–Trinajstić information content (AvgIpc) is 3.27. The quantitative estimate of drug-likeness (QED) is 0.131. The smallest absolute Gasteiger partial charge is 0.345 e. The van der Waals surface area contributed by atoms with Crippen molar-refractivity contribution in [1.29, 1.82) is 0 Å². The number of para-hydroxylation sites is 2. The normalized spacial score (nSPS) is 11.5. The fourth-order valence-electron chi connectivity index (χ4n) is 3.95. The molecular formula is C30H21BrCl2N2O3. The van der Waals surface area contributed by atoms with Crippen LogP contribution in [0, 0.1) is 0 Å². The highest BCUT2D eigenvalue weighted by atomic mass is 79.9. The van der Waals surface area contributed by atoms with Crippen molar-refractivity contribution in [1.82, 2.24) is 9.55 Å². The van der Waals surface area contributed by atoms with E-state index in [1.54, 1.807) is 42.5 Å². The van der Waals surface area contributed by atoms with E-state index >= 15 is 0 Å². The maximum absolute atomic E-state index is 13.1. The third-order valence-corrected chi connectivity index (χ3v) is 6.97. The van der Waals surface area contributed by atoms with Gasteiger partial charge in [-0.25, -0.2) is 9.78 Å². The number of fused-ring (bicyclic) bond motifs is 1. The number of hydrogen-bond donors (Lipinski definition) is 0. The fraction of sp³-hybridized carbons (Fsp3) is 0.0667. The lowest BCUT2D eigenvalue weighted by Gasteiger charge is -2.13. The second-order valence-electron chi connectivity index (χ2n) is 8.27. The van der Waals surface area contributed by atoms with Gasteiger partial charge in [0.1, 0.15) is 23.9 Å². The highest BCUT2D eigenvalue weighted by Gasteiger charge is 2.19. The van der Waals surface area contributed by atoms with E-state index in [1.807, 2.05) is 65.2 Å². The highest BCUT2D eigenvalue weighted by Crippen LogP contribution is 2.29. The van der Waals surface area contributed by atoms with Crippen molar-refractivity contribution in [2.45, 2.75) is 6.54 Å². The lowest BCUT2D eigenvalue weighted by Crippen LogP contribution is -2.10. The van der Waals surface area contributed by atoms with Gasteiger partial charge in [-0.2, -0.15) is 0 Å². The van der Waals surface area contributed by atoms with Gasteiger partial charge in [-0.1, -0.05) is 75.5 Å². The first-order valence-electron chi connectivity index (χ1n) is 11.8. The van der Waals surface area contributed by atoms with Gasteiger partial charge in [0.2, 0.25) is 0 Å². The van der Waals surface area contributed by atoms with Gasteiger partial charge in [0, 0.05) is 16.1 Å². The molecule has 0 aliphatic heterocycles. The van der Waals surface area contributed by atoms with Crippen molar-refractivity contribution >= 4 is 68.0 Å². The predicted octanol–water partition coefficient (Wildman–Crippen LogP) is 8.54. The maximum atomic E-state index is 13.1. The number of ether oxygens (including phenoxy) is 2. The van der Waals surface area contributed by atoms with Crippen LogP contribution in [0.3, 0.4) is 0 Å². The first-order valence-corrected chi connectivity index (χ1v) is 13.3. The second-order valence-corrected chi connectivity index (χ2v) is 10.0. The van der Waals surface area contributed by atoms with E-state index in [2.05, 4.69) is 15.9 Å². The molecule has 1 aromatic heterocycles. The van der Waals surface area contributed by atoms with E-state index < -0.39 is 5.97 Å². The topological polar surface area (TPSA) is 53.3 Å². The Morgan fingerprint density at radius 1 is 0.842 bits per heavy atom. The molecule has 5 aromatic rings. The molecule has 0 N–H and O–H groups in total. The number of halogens is 3. The minimum Gasteiger partial charge on any atom is -0.492 e. The number of hydrogen-bond acceptors (Lipinski definition) is 4. The molecule has 0 bridgehead atoms. The van der Waals surface area contributed by atoms with Crippen molar-refractivity contribution in [3.63, 3.8) is 0 Å². The van der Waals surface area contributed by atoms with Gasteiger partial charge >= 0.3 is 5.97 Å². The minimum atomic E-state index is -0.594. The molecule has 8 heteroatoms. The summed E-state index contributed by atoms with van der Waals surface area (Å²) < 4.78 is 14.9. The highest BCUT2D eigenvalue weighted by molar-refractivity contribution is 9.10. The predicted molar refractivity (Wildman–Crippen MR) is 156 cm³/mol. The van der Waals surface area contributed by atoms with E-state index in [0.29, 0.717) is 34.6 Å². The molecule has 0 radical (unpaired) electrons. The van der Waals surface area contributed by atoms with Crippen LogP contribution >= 0.6 is 39.1 Å². The number of esters is 1. The van der Waals surface area contributed by atoms with Gasteiger partial charge in [-0.3, -0.25) is 0 Å². The Hall–Kier alpha value is -3.58. The number of benzene rings is 4. The van der Waals surface area contributed by atoms with Crippen LogP contribution in [-0.4, -0.2) is 22.1 Å². The summed E-state index contributed by atoms with van der Waals surface area (Å²) in [5.41, 5.74) is 2.54. The van der Waals surface area contributed by atoms with Crippen LogP contribution in [0.15, 0.2) is 102 Å². The van der Waals surface area contributed by atoms with Gasteiger partial charge < -0.3 is 14.0 Å². The largest absolute Gasteiger partial charge is 0.492 e. The van der Waals surface area contributed by atoms with Gasteiger partial charge in [0.25, 0.3) is 0 Å².